The fourth-order valence-electron chi connectivity index (χ4n) is 5.36. The summed E-state index contributed by atoms with van der Waals surface area (Å²) in [6, 6.07) is 5.89. The van der Waals surface area contributed by atoms with Gasteiger partial charge >= 0.3 is 5.97 Å². The number of anilines is 2. The van der Waals surface area contributed by atoms with Crippen molar-refractivity contribution in [2.45, 2.75) is 89.6 Å². The summed E-state index contributed by atoms with van der Waals surface area (Å²) in [5, 5.41) is 8.87. The number of nitrogens with one attached hydrogen (secondary N) is 4. The van der Waals surface area contributed by atoms with Crippen LogP contribution in [0.25, 0.3) is 21.8 Å². The number of sulfonamides is 1. The number of esters is 1. The van der Waals surface area contributed by atoms with E-state index in [0.717, 1.165) is 24.3 Å². The van der Waals surface area contributed by atoms with E-state index >= 15 is 4.39 Å². The number of nitrogens with zero attached hydrogens (tertiary/aromatic N) is 3. The summed E-state index contributed by atoms with van der Waals surface area (Å²) < 4.78 is 78.2. The number of carbonyl (C=O) groups is 4. The predicted molar refractivity (Wildman–Crippen MR) is 221 cm³/mol. The van der Waals surface area contributed by atoms with Gasteiger partial charge < -0.3 is 31.2 Å². The number of aromatic nitrogens is 3. The summed E-state index contributed by atoms with van der Waals surface area (Å²) >= 11 is 1.23. The Kier molecular flexibility index (Phi) is 15.9. The van der Waals surface area contributed by atoms with E-state index in [4.69, 9.17) is 15.5 Å². The first-order valence-electron chi connectivity index (χ1n) is 18.9. The zero-order valence-electron chi connectivity index (χ0n) is 34.0. The van der Waals surface area contributed by atoms with Crippen LogP contribution in [0.5, 0.6) is 0 Å². The number of aldehydes is 1. The van der Waals surface area contributed by atoms with Crippen molar-refractivity contribution in [1.82, 2.24) is 25.6 Å². The summed E-state index contributed by atoms with van der Waals surface area (Å²) in [5.41, 5.74) is 5.09. The van der Waals surface area contributed by atoms with Crippen LogP contribution in [0, 0.1) is 22.9 Å². The molecule has 0 spiro atoms. The Balaban J connectivity index is 1.40. The molecule has 2 amide bonds. The Morgan fingerprint density at radius 2 is 1.63 bits per heavy atom. The van der Waals surface area contributed by atoms with Gasteiger partial charge in [-0.1, -0.05) is 53.7 Å². The second-order valence-corrected chi connectivity index (χ2v) is 18.5. The maximum atomic E-state index is 16.2. The van der Waals surface area contributed by atoms with Gasteiger partial charge in [0.2, 0.25) is 17.8 Å². The first-order chi connectivity index (χ1) is 28.1. The van der Waals surface area contributed by atoms with Crippen LogP contribution in [-0.2, 0) is 39.4 Å². The van der Waals surface area contributed by atoms with Crippen molar-refractivity contribution in [2.24, 2.45) is 11.1 Å². The first-order valence-corrected chi connectivity index (χ1v) is 21.2. The van der Waals surface area contributed by atoms with Gasteiger partial charge in [0.15, 0.2) is 10.7 Å². The monoisotopic (exact) mass is 874 g/mol. The van der Waals surface area contributed by atoms with Crippen molar-refractivity contribution < 1.29 is 45.5 Å². The topological polar surface area (TPSA) is 224 Å². The summed E-state index contributed by atoms with van der Waals surface area (Å²) in [4.78, 5) is 61.4. The van der Waals surface area contributed by atoms with Crippen LogP contribution in [0.15, 0.2) is 53.6 Å². The minimum Gasteiger partial charge on any atom is -0.464 e. The van der Waals surface area contributed by atoms with Crippen molar-refractivity contribution in [2.75, 3.05) is 29.7 Å². The van der Waals surface area contributed by atoms with Crippen molar-refractivity contribution in [3.05, 3.63) is 71.1 Å². The molecule has 324 valence electrons. The zero-order valence-corrected chi connectivity index (χ0v) is 35.7. The van der Waals surface area contributed by atoms with Crippen LogP contribution in [0.2, 0.25) is 0 Å². The van der Waals surface area contributed by atoms with Gasteiger partial charge in [-0.2, -0.15) is 0 Å². The van der Waals surface area contributed by atoms with Crippen LogP contribution < -0.4 is 26.4 Å². The normalized spacial score (nSPS) is 12.9. The zero-order chi connectivity index (χ0) is 44.4. The number of carbonyl (C=O) groups excluding carboxylic acids is 4. The fraction of sp³-hybridized carbons (Fsp3) is 0.425. The summed E-state index contributed by atoms with van der Waals surface area (Å²) in [6.07, 6.45) is 1.98. The van der Waals surface area contributed by atoms with Crippen LogP contribution >= 0.6 is 11.3 Å². The molecule has 6 N–H and O–H groups in total. The van der Waals surface area contributed by atoms with Gasteiger partial charge in [-0.15, -0.1) is 11.3 Å². The molecule has 0 aliphatic heterocycles. The maximum absolute atomic E-state index is 16.2. The molecule has 0 aliphatic carbocycles. The van der Waals surface area contributed by atoms with Crippen molar-refractivity contribution in [3.8, 4) is 21.8 Å². The van der Waals surface area contributed by atoms with Gasteiger partial charge in [-0.05, 0) is 48.6 Å². The third kappa shape index (κ3) is 13.0. The number of nitrogens with two attached hydrogens (primary N) is 1. The largest absolute Gasteiger partial charge is 0.464 e. The third-order valence-corrected chi connectivity index (χ3v) is 11.4. The average molecular weight is 875 g/mol. The average Bonchev–Trinajstić information content (AvgIpc) is 3.63. The summed E-state index contributed by atoms with van der Waals surface area (Å²) in [6.45, 7) is 11.8. The van der Waals surface area contributed by atoms with Gasteiger partial charge in [-0.25, -0.2) is 36.5 Å². The lowest BCUT2D eigenvalue weighted by Crippen LogP contribution is -2.52. The third-order valence-electron chi connectivity index (χ3n) is 8.49. The molecule has 0 saturated carbocycles. The summed E-state index contributed by atoms with van der Waals surface area (Å²) in [5.74, 6) is -5.34. The Labute approximate surface area is 350 Å². The standard InChI is InChI=1S/C40H49F3N8O7S2/c1-39(2,3)22-47-36(55)29(14-9-20-52)48-35(54)26(44)15-16-30(53)58-21-19-46-38-45-18-17-28(49-38)33-32(50-37(59-33)40(4,5)6)23-10-7-13-27(31(23)43)51-60(56,57)34-24(41)11-8-12-25(34)42/h7-8,10-13,17-18,20,26,29,51H,9,14-16,19,21-22,44H2,1-6H3,(H,47,55)(H,48,54)(H,45,46,49)/t26-,29-/m0/s1. The lowest BCUT2D eigenvalue weighted by molar-refractivity contribution is -0.143. The molecule has 0 saturated heterocycles. The number of benzene rings is 2. The molecular formula is C40H49F3N8O7S2. The highest BCUT2D eigenvalue weighted by molar-refractivity contribution is 7.92. The molecule has 2 atom stereocenters. The van der Waals surface area contributed by atoms with E-state index in [2.05, 4.69) is 25.9 Å². The SMILES string of the molecule is CC(C)(C)CNC(=O)[C@H](CCC=O)NC(=O)[C@@H](N)CCC(=O)OCCNc1nccc(-c2sc(C(C)(C)C)nc2-c2cccc(NS(=O)(=O)c3c(F)cccc3F)c2F)n1. The molecule has 2 aromatic carbocycles. The molecule has 0 aliphatic rings. The van der Waals surface area contributed by atoms with Gasteiger partial charge in [0.25, 0.3) is 10.0 Å². The molecule has 15 nitrogen and oxygen atoms in total. The Bertz CT molecular complexity index is 2280. The number of amides is 2. The first kappa shape index (κ1) is 47.2. The van der Waals surface area contributed by atoms with Crippen LogP contribution in [0.1, 0.15) is 72.2 Å². The van der Waals surface area contributed by atoms with Gasteiger partial charge in [0, 0.05) is 36.6 Å². The molecule has 0 bridgehead atoms. The quantitative estimate of drug-likeness (QED) is 0.0449. The highest BCUT2D eigenvalue weighted by atomic mass is 32.2. The molecular weight excluding hydrogens is 826 g/mol. The van der Waals surface area contributed by atoms with Crippen LogP contribution in [0.4, 0.5) is 24.8 Å². The van der Waals surface area contributed by atoms with E-state index in [1.807, 2.05) is 46.3 Å². The Morgan fingerprint density at radius 1 is 0.950 bits per heavy atom. The lowest BCUT2D eigenvalue weighted by atomic mass is 9.96. The molecule has 0 radical (unpaired) electrons. The number of rotatable bonds is 19. The molecule has 0 unspecified atom stereocenters. The molecule has 0 fully saturated rings. The molecule has 2 aromatic heterocycles. The van der Waals surface area contributed by atoms with Gasteiger partial charge in [-0.3, -0.25) is 19.1 Å². The molecule has 4 aromatic rings. The van der Waals surface area contributed by atoms with Crippen LogP contribution in [0.3, 0.4) is 0 Å². The number of ether oxygens (including phenoxy) is 1. The molecule has 60 heavy (non-hydrogen) atoms. The molecule has 20 heteroatoms. The van der Waals surface area contributed by atoms with Crippen LogP contribution in [-0.4, -0.2) is 79.2 Å². The van der Waals surface area contributed by atoms with Gasteiger partial charge in [0.1, 0.15) is 30.6 Å². The lowest BCUT2D eigenvalue weighted by Gasteiger charge is -2.23. The highest BCUT2D eigenvalue weighted by Gasteiger charge is 2.29. The number of hydrogen-bond acceptors (Lipinski definition) is 13. The predicted octanol–water partition coefficient (Wildman–Crippen LogP) is 5.47. The second kappa shape index (κ2) is 20.2. The summed E-state index contributed by atoms with van der Waals surface area (Å²) in [7, 11) is -4.89. The Hall–Kier alpha value is -5.47. The number of thiazole rings is 1. The van der Waals surface area contributed by atoms with Crippen molar-refractivity contribution in [1.29, 1.82) is 0 Å². The number of halogens is 3. The van der Waals surface area contributed by atoms with E-state index in [9.17, 15) is 36.4 Å². The van der Waals surface area contributed by atoms with E-state index in [1.54, 1.807) is 6.07 Å². The smallest absolute Gasteiger partial charge is 0.305 e. The fourth-order valence-corrected chi connectivity index (χ4v) is 7.66. The van der Waals surface area contributed by atoms with E-state index in [-0.39, 0.29) is 61.5 Å². The highest BCUT2D eigenvalue weighted by Crippen LogP contribution is 2.42. The van der Waals surface area contributed by atoms with E-state index < -0.39 is 73.3 Å². The second-order valence-electron chi connectivity index (χ2n) is 15.9. The Morgan fingerprint density at radius 3 is 2.28 bits per heavy atom. The molecule has 4 rings (SSSR count). The number of hydrogen-bond donors (Lipinski definition) is 5. The minimum atomic E-state index is -4.89. The minimum absolute atomic E-state index is 0.0526. The van der Waals surface area contributed by atoms with E-state index in [1.165, 1.54) is 29.7 Å². The van der Waals surface area contributed by atoms with Crippen molar-refractivity contribution in [3.63, 3.8) is 0 Å². The maximum Gasteiger partial charge on any atom is 0.305 e. The van der Waals surface area contributed by atoms with Crippen molar-refractivity contribution >= 4 is 57.1 Å². The van der Waals surface area contributed by atoms with E-state index in [0.29, 0.717) is 28.4 Å². The molecule has 2 heterocycles. The van der Waals surface area contributed by atoms with Gasteiger partial charge in [0.05, 0.1) is 39.5 Å².